The maximum atomic E-state index is 11.5. The molecule has 1 aromatic carbocycles. The summed E-state index contributed by atoms with van der Waals surface area (Å²) in [6.07, 6.45) is 2.51. The van der Waals surface area contributed by atoms with E-state index in [0.717, 1.165) is 11.4 Å². The van der Waals surface area contributed by atoms with Crippen LogP contribution in [0.3, 0.4) is 0 Å². The number of methoxy groups -OCH3 is 2. The fraction of sp³-hybridized carbons (Fsp3) is 0.533. The van der Waals surface area contributed by atoms with Gasteiger partial charge in [-0.3, -0.25) is 4.79 Å². The lowest BCUT2D eigenvalue weighted by Gasteiger charge is -2.19. The Morgan fingerprint density at radius 1 is 1.30 bits per heavy atom. The summed E-state index contributed by atoms with van der Waals surface area (Å²) >= 11 is 0. The number of carbonyl (C=O) groups is 1. The molecule has 2 rings (SSSR count). The monoisotopic (exact) mass is 278 g/mol. The minimum absolute atomic E-state index is 0.0615. The summed E-state index contributed by atoms with van der Waals surface area (Å²) in [5.41, 5.74) is 1.76. The first-order chi connectivity index (χ1) is 9.72. The van der Waals surface area contributed by atoms with Gasteiger partial charge >= 0.3 is 0 Å². The third-order valence-corrected chi connectivity index (χ3v) is 3.31. The van der Waals surface area contributed by atoms with Crippen LogP contribution in [-0.2, 0) is 14.3 Å². The quantitative estimate of drug-likeness (QED) is 0.764. The molecule has 2 N–H and O–H groups in total. The van der Waals surface area contributed by atoms with Gasteiger partial charge in [-0.15, -0.1) is 0 Å². The first-order valence-corrected chi connectivity index (χ1v) is 6.87. The highest BCUT2D eigenvalue weighted by atomic mass is 16.5. The molecule has 0 bridgehead atoms. The minimum atomic E-state index is -0.153. The minimum Gasteiger partial charge on any atom is -0.383 e. The number of anilines is 2. The van der Waals surface area contributed by atoms with Gasteiger partial charge in [0, 0.05) is 25.6 Å². The summed E-state index contributed by atoms with van der Waals surface area (Å²) in [6.45, 7) is 0.761. The molecule has 0 heterocycles. The van der Waals surface area contributed by atoms with Crippen LogP contribution < -0.4 is 10.6 Å². The second kappa shape index (κ2) is 7.26. The number of amides is 1. The molecular weight excluding hydrogens is 256 g/mol. The van der Waals surface area contributed by atoms with E-state index in [2.05, 4.69) is 10.6 Å². The average molecular weight is 278 g/mol. The highest BCUT2D eigenvalue weighted by molar-refractivity contribution is 5.92. The fourth-order valence-corrected chi connectivity index (χ4v) is 2.20. The molecule has 1 aliphatic carbocycles. The molecule has 1 saturated carbocycles. The van der Waals surface area contributed by atoms with Crippen LogP contribution in [0, 0.1) is 5.92 Å². The first kappa shape index (κ1) is 14.8. The lowest BCUT2D eigenvalue weighted by molar-refractivity contribution is -0.119. The van der Waals surface area contributed by atoms with Crippen LogP contribution in [0.25, 0.3) is 0 Å². The van der Waals surface area contributed by atoms with E-state index in [4.69, 9.17) is 9.47 Å². The standard InChI is InChI=1S/C15H22N2O3/c1-19-9-14(11-6-7-11)16-12-4-3-5-13(8-12)17-15(18)10-20-2/h3-5,8,11,14,16H,6-7,9-10H2,1-2H3,(H,17,18). The second-order valence-corrected chi connectivity index (χ2v) is 5.11. The molecule has 20 heavy (non-hydrogen) atoms. The van der Waals surface area contributed by atoms with Crippen molar-refractivity contribution in [2.75, 3.05) is 38.1 Å². The Morgan fingerprint density at radius 2 is 2.05 bits per heavy atom. The number of hydrogen-bond acceptors (Lipinski definition) is 4. The average Bonchev–Trinajstić information content (AvgIpc) is 3.23. The molecule has 110 valence electrons. The number of carbonyl (C=O) groups excluding carboxylic acids is 1. The van der Waals surface area contributed by atoms with Gasteiger partial charge in [0.25, 0.3) is 0 Å². The third kappa shape index (κ3) is 4.51. The first-order valence-electron chi connectivity index (χ1n) is 6.87. The summed E-state index contributed by atoms with van der Waals surface area (Å²) in [5, 5.41) is 6.28. The van der Waals surface area contributed by atoms with Crippen LogP contribution in [0.5, 0.6) is 0 Å². The van der Waals surface area contributed by atoms with Gasteiger partial charge in [0.05, 0.1) is 12.6 Å². The molecule has 0 spiro atoms. The van der Waals surface area contributed by atoms with Crippen molar-refractivity contribution in [3.63, 3.8) is 0 Å². The molecular formula is C15H22N2O3. The number of benzene rings is 1. The highest BCUT2D eigenvalue weighted by Gasteiger charge is 2.31. The maximum absolute atomic E-state index is 11.5. The lowest BCUT2D eigenvalue weighted by atomic mass is 10.1. The Balaban J connectivity index is 1.95. The Kier molecular flexibility index (Phi) is 5.38. The predicted molar refractivity (Wildman–Crippen MR) is 79.0 cm³/mol. The molecule has 1 aromatic rings. The molecule has 0 aromatic heterocycles. The Hall–Kier alpha value is -1.59. The van der Waals surface area contributed by atoms with Crippen LogP contribution in [0.2, 0.25) is 0 Å². The van der Waals surface area contributed by atoms with Crippen LogP contribution in [0.15, 0.2) is 24.3 Å². The van der Waals surface area contributed by atoms with Crippen LogP contribution in [-0.4, -0.2) is 39.4 Å². The van der Waals surface area contributed by atoms with Gasteiger partial charge in [-0.25, -0.2) is 0 Å². The van der Waals surface area contributed by atoms with Gasteiger partial charge in [0.2, 0.25) is 5.91 Å². The molecule has 0 aliphatic heterocycles. The molecule has 1 amide bonds. The van der Waals surface area contributed by atoms with Gasteiger partial charge in [-0.05, 0) is 37.0 Å². The third-order valence-electron chi connectivity index (χ3n) is 3.31. The van der Waals surface area contributed by atoms with E-state index in [0.29, 0.717) is 18.6 Å². The summed E-state index contributed by atoms with van der Waals surface area (Å²) < 4.78 is 10.1. The van der Waals surface area contributed by atoms with Gasteiger partial charge in [-0.2, -0.15) is 0 Å². The van der Waals surface area contributed by atoms with Crippen molar-refractivity contribution in [1.29, 1.82) is 0 Å². The lowest BCUT2D eigenvalue weighted by Crippen LogP contribution is -2.27. The normalized spacial score (nSPS) is 15.7. The second-order valence-electron chi connectivity index (χ2n) is 5.11. The predicted octanol–water partition coefficient (Wildman–Crippen LogP) is 2.11. The Bertz CT molecular complexity index is 446. The SMILES string of the molecule is COCC(=O)Nc1cccc(NC(COC)C2CC2)c1. The van der Waals surface area contributed by atoms with Gasteiger partial charge in [-0.1, -0.05) is 6.07 Å². The van der Waals surface area contributed by atoms with Crippen LogP contribution in [0.1, 0.15) is 12.8 Å². The Morgan fingerprint density at radius 3 is 2.70 bits per heavy atom. The summed E-state index contributed by atoms with van der Waals surface area (Å²) in [6, 6.07) is 8.04. The van der Waals surface area contributed by atoms with Crippen molar-refractivity contribution in [3.8, 4) is 0 Å². The number of rotatable bonds is 8. The summed E-state index contributed by atoms with van der Waals surface area (Å²) in [7, 11) is 3.22. The summed E-state index contributed by atoms with van der Waals surface area (Å²) in [5.74, 6) is 0.543. The molecule has 1 aliphatic rings. The molecule has 1 fully saturated rings. The maximum Gasteiger partial charge on any atom is 0.250 e. The van der Waals surface area contributed by atoms with Gasteiger partial charge in [0.15, 0.2) is 0 Å². The van der Waals surface area contributed by atoms with Gasteiger partial charge in [0.1, 0.15) is 6.61 Å². The van der Waals surface area contributed by atoms with E-state index in [1.54, 1.807) is 7.11 Å². The van der Waals surface area contributed by atoms with E-state index in [-0.39, 0.29) is 12.5 Å². The molecule has 0 radical (unpaired) electrons. The van der Waals surface area contributed by atoms with E-state index in [1.807, 2.05) is 24.3 Å². The van der Waals surface area contributed by atoms with E-state index in [1.165, 1.54) is 20.0 Å². The molecule has 5 heteroatoms. The zero-order chi connectivity index (χ0) is 14.4. The van der Waals surface area contributed by atoms with Crippen molar-refractivity contribution >= 4 is 17.3 Å². The van der Waals surface area contributed by atoms with Crippen molar-refractivity contribution < 1.29 is 14.3 Å². The molecule has 5 nitrogen and oxygen atoms in total. The van der Waals surface area contributed by atoms with Crippen molar-refractivity contribution in [1.82, 2.24) is 0 Å². The van der Waals surface area contributed by atoms with Crippen LogP contribution >= 0.6 is 0 Å². The van der Waals surface area contributed by atoms with Crippen molar-refractivity contribution in [2.45, 2.75) is 18.9 Å². The summed E-state index contributed by atoms with van der Waals surface area (Å²) in [4.78, 5) is 11.5. The Labute approximate surface area is 119 Å². The molecule has 1 unspecified atom stereocenters. The van der Waals surface area contributed by atoms with E-state index >= 15 is 0 Å². The zero-order valence-electron chi connectivity index (χ0n) is 12.0. The van der Waals surface area contributed by atoms with E-state index in [9.17, 15) is 4.79 Å². The van der Waals surface area contributed by atoms with Crippen molar-refractivity contribution in [3.05, 3.63) is 24.3 Å². The molecule has 0 saturated heterocycles. The highest BCUT2D eigenvalue weighted by Crippen LogP contribution is 2.34. The van der Waals surface area contributed by atoms with E-state index < -0.39 is 0 Å². The fourth-order valence-electron chi connectivity index (χ4n) is 2.20. The largest absolute Gasteiger partial charge is 0.383 e. The topological polar surface area (TPSA) is 59.6 Å². The number of nitrogens with one attached hydrogen (secondary N) is 2. The smallest absolute Gasteiger partial charge is 0.250 e. The number of ether oxygens (including phenoxy) is 2. The van der Waals surface area contributed by atoms with Crippen LogP contribution in [0.4, 0.5) is 11.4 Å². The zero-order valence-corrected chi connectivity index (χ0v) is 12.0. The van der Waals surface area contributed by atoms with Gasteiger partial charge < -0.3 is 20.1 Å². The van der Waals surface area contributed by atoms with Crippen molar-refractivity contribution in [2.24, 2.45) is 5.92 Å². The number of hydrogen-bond donors (Lipinski definition) is 2. The molecule has 1 atom stereocenters.